The molecule has 21 heavy (non-hydrogen) atoms. The summed E-state index contributed by atoms with van der Waals surface area (Å²) in [6.45, 7) is 2.97. The minimum atomic E-state index is -0.0611. The summed E-state index contributed by atoms with van der Waals surface area (Å²) in [5, 5.41) is 12.1. The zero-order valence-electron chi connectivity index (χ0n) is 13.0. The van der Waals surface area contributed by atoms with Crippen LogP contribution in [0.1, 0.15) is 57.4 Å². The molecular weight excluding hydrogens is 262 g/mol. The summed E-state index contributed by atoms with van der Waals surface area (Å²) in [5.74, 6) is 0.171. The average Bonchev–Trinajstić information content (AvgIpc) is 2.49. The lowest BCUT2D eigenvalue weighted by Gasteiger charge is -2.02. The molecule has 0 aliphatic heterocycles. The Bertz CT molecular complexity index is 423. The molecule has 0 radical (unpaired) electrons. The smallest absolute Gasteiger partial charge is 0.243 e. The highest BCUT2D eigenvalue weighted by Crippen LogP contribution is 2.10. The number of benzene rings is 1. The van der Waals surface area contributed by atoms with Crippen LogP contribution in [0.15, 0.2) is 30.3 Å². The molecule has 1 rings (SSSR count). The number of hydrogen-bond donors (Lipinski definition) is 2. The normalized spacial score (nSPS) is 10.9. The number of nitrogens with one attached hydrogen (secondary N) is 1. The van der Waals surface area contributed by atoms with Crippen molar-refractivity contribution in [3.8, 4) is 5.75 Å². The number of aromatic hydroxyl groups is 1. The minimum Gasteiger partial charge on any atom is -0.508 e. The third-order valence-corrected chi connectivity index (χ3v) is 3.40. The summed E-state index contributed by atoms with van der Waals surface area (Å²) >= 11 is 0. The first-order valence-corrected chi connectivity index (χ1v) is 7.97. The second-order valence-electron chi connectivity index (χ2n) is 5.34. The highest BCUT2D eigenvalue weighted by atomic mass is 16.3. The quantitative estimate of drug-likeness (QED) is 0.499. The third kappa shape index (κ3) is 8.90. The molecular formula is C18H27NO2. The molecule has 0 heterocycles. The molecule has 0 saturated carbocycles. The molecule has 0 aliphatic carbocycles. The monoisotopic (exact) mass is 289 g/mol. The van der Waals surface area contributed by atoms with Gasteiger partial charge in [0.25, 0.3) is 0 Å². The van der Waals surface area contributed by atoms with Gasteiger partial charge in [-0.1, -0.05) is 57.6 Å². The number of unbranched alkanes of at least 4 members (excludes halogenated alkanes) is 6. The molecule has 1 amide bonds. The molecule has 0 saturated heterocycles. The summed E-state index contributed by atoms with van der Waals surface area (Å²) in [6, 6.07) is 6.76. The molecule has 0 unspecified atom stereocenters. The number of hydrogen-bond acceptors (Lipinski definition) is 2. The van der Waals surface area contributed by atoms with E-state index in [0.717, 1.165) is 18.5 Å². The SMILES string of the molecule is CCCCCCCCCNC(=O)/C=C/c1ccc(O)cc1. The predicted molar refractivity (Wildman–Crippen MR) is 88.1 cm³/mol. The Morgan fingerprint density at radius 2 is 1.67 bits per heavy atom. The van der Waals surface area contributed by atoms with Crippen LogP contribution in [0, 0.1) is 0 Å². The Balaban J connectivity index is 2.07. The maximum Gasteiger partial charge on any atom is 0.243 e. The molecule has 0 aromatic heterocycles. The topological polar surface area (TPSA) is 49.3 Å². The molecule has 0 atom stereocenters. The third-order valence-electron chi connectivity index (χ3n) is 3.40. The van der Waals surface area contributed by atoms with Crippen LogP contribution in [0.2, 0.25) is 0 Å². The van der Waals surface area contributed by atoms with Gasteiger partial charge in [0, 0.05) is 12.6 Å². The van der Waals surface area contributed by atoms with E-state index in [1.807, 2.05) is 0 Å². The predicted octanol–water partition coefficient (Wildman–Crippen LogP) is 4.27. The summed E-state index contributed by atoms with van der Waals surface area (Å²) < 4.78 is 0. The van der Waals surface area contributed by atoms with Crippen molar-refractivity contribution in [1.82, 2.24) is 5.32 Å². The van der Waals surface area contributed by atoms with Crippen LogP contribution in [0.5, 0.6) is 5.75 Å². The molecule has 116 valence electrons. The first-order valence-electron chi connectivity index (χ1n) is 7.97. The van der Waals surface area contributed by atoms with Gasteiger partial charge in [0.2, 0.25) is 5.91 Å². The van der Waals surface area contributed by atoms with Crippen molar-refractivity contribution in [3.63, 3.8) is 0 Å². The van der Waals surface area contributed by atoms with Crippen LogP contribution < -0.4 is 5.32 Å². The van der Waals surface area contributed by atoms with Crippen LogP contribution >= 0.6 is 0 Å². The zero-order chi connectivity index (χ0) is 15.3. The summed E-state index contributed by atoms with van der Waals surface area (Å²) in [4.78, 5) is 11.6. The van der Waals surface area contributed by atoms with Gasteiger partial charge in [-0.2, -0.15) is 0 Å². The standard InChI is InChI=1S/C18H27NO2/c1-2-3-4-5-6-7-8-15-19-18(21)14-11-16-9-12-17(20)13-10-16/h9-14,20H,2-8,15H2,1H3,(H,19,21)/b14-11+. The molecule has 3 heteroatoms. The van der Waals surface area contributed by atoms with Crippen LogP contribution in [0.25, 0.3) is 6.08 Å². The maximum atomic E-state index is 11.6. The van der Waals surface area contributed by atoms with Gasteiger partial charge in [0.15, 0.2) is 0 Å². The van der Waals surface area contributed by atoms with Gasteiger partial charge in [0.1, 0.15) is 5.75 Å². The fourth-order valence-corrected chi connectivity index (χ4v) is 2.11. The molecule has 1 aromatic rings. The highest BCUT2D eigenvalue weighted by molar-refractivity contribution is 5.91. The van der Waals surface area contributed by atoms with Crippen molar-refractivity contribution < 1.29 is 9.90 Å². The van der Waals surface area contributed by atoms with E-state index in [0.29, 0.717) is 0 Å². The largest absolute Gasteiger partial charge is 0.508 e. The van der Waals surface area contributed by atoms with E-state index in [2.05, 4.69) is 12.2 Å². The van der Waals surface area contributed by atoms with Crippen molar-refractivity contribution in [1.29, 1.82) is 0 Å². The van der Waals surface area contributed by atoms with Crippen LogP contribution in [-0.4, -0.2) is 17.6 Å². The molecule has 0 aliphatic rings. The Morgan fingerprint density at radius 3 is 2.33 bits per heavy atom. The summed E-state index contributed by atoms with van der Waals surface area (Å²) in [5.41, 5.74) is 0.902. The van der Waals surface area contributed by atoms with Crippen molar-refractivity contribution in [2.75, 3.05) is 6.54 Å². The van der Waals surface area contributed by atoms with E-state index in [4.69, 9.17) is 5.11 Å². The number of amides is 1. The lowest BCUT2D eigenvalue weighted by Crippen LogP contribution is -2.21. The van der Waals surface area contributed by atoms with Gasteiger partial charge in [-0.25, -0.2) is 0 Å². The number of phenolic OH excluding ortho intramolecular Hbond substituents is 1. The number of carbonyl (C=O) groups excluding carboxylic acids is 1. The van der Waals surface area contributed by atoms with Crippen molar-refractivity contribution in [2.24, 2.45) is 0 Å². The van der Waals surface area contributed by atoms with Gasteiger partial charge in [-0.05, 0) is 30.2 Å². The lowest BCUT2D eigenvalue weighted by molar-refractivity contribution is -0.116. The Hall–Kier alpha value is -1.77. The lowest BCUT2D eigenvalue weighted by atomic mass is 10.1. The van der Waals surface area contributed by atoms with E-state index < -0.39 is 0 Å². The van der Waals surface area contributed by atoms with Gasteiger partial charge >= 0.3 is 0 Å². The van der Waals surface area contributed by atoms with E-state index in [1.165, 1.54) is 44.6 Å². The second kappa shape index (κ2) is 11.0. The van der Waals surface area contributed by atoms with Crippen LogP contribution in [0.4, 0.5) is 0 Å². The van der Waals surface area contributed by atoms with E-state index in [9.17, 15) is 4.79 Å². The van der Waals surface area contributed by atoms with Crippen LogP contribution in [-0.2, 0) is 4.79 Å². The fourth-order valence-electron chi connectivity index (χ4n) is 2.11. The van der Waals surface area contributed by atoms with E-state index in [1.54, 1.807) is 30.3 Å². The van der Waals surface area contributed by atoms with Crippen molar-refractivity contribution in [2.45, 2.75) is 51.9 Å². The van der Waals surface area contributed by atoms with E-state index in [-0.39, 0.29) is 11.7 Å². The van der Waals surface area contributed by atoms with Gasteiger partial charge in [0.05, 0.1) is 0 Å². The Labute approximate surface area is 128 Å². The number of rotatable bonds is 10. The van der Waals surface area contributed by atoms with E-state index >= 15 is 0 Å². The average molecular weight is 289 g/mol. The first-order chi connectivity index (χ1) is 10.2. The van der Waals surface area contributed by atoms with Gasteiger partial charge in [-0.15, -0.1) is 0 Å². The molecule has 2 N–H and O–H groups in total. The molecule has 0 bridgehead atoms. The van der Waals surface area contributed by atoms with Gasteiger partial charge in [-0.3, -0.25) is 4.79 Å². The number of carbonyl (C=O) groups is 1. The molecule has 3 nitrogen and oxygen atoms in total. The second-order valence-corrected chi connectivity index (χ2v) is 5.34. The molecule has 1 aromatic carbocycles. The summed E-state index contributed by atoms with van der Waals surface area (Å²) in [6.07, 6.45) is 12.0. The first kappa shape index (κ1) is 17.3. The van der Waals surface area contributed by atoms with Crippen molar-refractivity contribution in [3.05, 3.63) is 35.9 Å². The number of phenols is 1. The maximum absolute atomic E-state index is 11.6. The zero-order valence-corrected chi connectivity index (χ0v) is 13.0. The Kier molecular flexibility index (Phi) is 9.01. The molecule has 0 spiro atoms. The van der Waals surface area contributed by atoms with Crippen molar-refractivity contribution >= 4 is 12.0 Å². The minimum absolute atomic E-state index is 0.0611. The van der Waals surface area contributed by atoms with Crippen LogP contribution in [0.3, 0.4) is 0 Å². The summed E-state index contributed by atoms with van der Waals surface area (Å²) in [7, 11) is 0. The highest BCUT2D eigenvalue weighted by Gasteiger charge is 1.96. The Morgan fingerprint density at radius 1 is 1.05 bits per heavy atom. The van der Waals surface area contributed by atoms with Gasteiger partial charge < -0.3 is 10.4 Å². The molecule has 0 fully saturated rings. The fraction of sp³-hybridized carbons (Fsp3) is 0.500.